The number of hydrogen-bond donors (Lipinski definition) is 3. The maximum absolute atomic E-state index is 9.27. The van der Waals surface area contributed by atoms with E-state index in [1.54, 1.807) is 6.07 Å². The van der Waals surface area contributed by atoms with Gasteiger partial charge in [-0.2, -0.15) is 5.10 Å². The fourth-order valence-corrected chi connectivity index (χ4v) is 1.67. The minimum atomic E-state index is -0.180. The van der Waals surface area contributed by atoms with Crippen molar-refractivity contribution >= 4 is 22.7 Å². The van der Waals surface area contributed by atoms with Gasteiger partial charge in [0.25, 0.3) is 0 Å². The van der Waals surface area contributed by atoms with Crippen LogP contribution in [0, 0.1) is 6.92 Å². The molecule has 3 N–H and O–H groups in total. The molecule has 0 saturated heterocycles. The largest absolute Gasteiger partial charge is 0.504 e. The third-order valence-electron chi connectivity index (χ3n) is 1.90. The van der Waals surface area contributed by atoms with E-state index in [0.717, 1.165) is 5.01 Å². The summed E-state index contributed by atoms with van der Waals surface area (Å²) >= 11 is 1.39. The summed E-state index contributed by atoms with van der Waals surface area (Å²) in [5, 5.41) is 31.4. The third-order valence-corrected chi connectivity index (χ3v) is 2.64. The highest BCUT2D eigenvalue weighted by Crippen LogP contribution is 2.24. The highest BCUT2D eigenvalue weighted by molar-refractivity contribution is 7.15. The molecule has 2 aromatic rings. The molecule has 0 fully saturated rings. The summed E-state index contributed by atoms with van der Waals surface area (Å²) in [5.41, 5.74) is 3.38. The molecule has 88 valence electrons. The van der Waals surface area contributed by atoms with E-state index >= 15 is 0 Å². The van der Waals surface area contributed by atoms with Crippen LogP contribution in [0.3, 0.4) is 0 Å². The van der Waals surface area contributed by atoms with Crippen LogP contribution < -0.4 is 5.43 Å². The lowest BCUT2D eigenvalue weighted by Gasteiger charge is -1.98. The summed E-state index contributed by atoms with van der Waals surface area (Å²) in [5.74, 6) is -0.337. The highest BCUT2D eigenvalue weighted by Gasteiger charge is 1.99. The second kappa shape index (κ2) is 4.79. The van der Waals surface area contributed by atoms with Gasteiger partial charge >= 0.3 is 0 Å². The molecule has 1 aromatic carbocycles. The first-order valence-electron chi connectivity index (χ1n) is 4.76. The van der Waals surface area contributed by atoms with E-state index in [0.29, 0.717) is 10.7 Å². The van der Waals surface area contributed by atoms with E-state index in [9.17, 15) is 5.11 Å². The van der Waals surface area contributed by atoms with Gasteiger partial charge in [-0.15, -0.1) is 10.2 Å². The first-order chi connectivity index (χ1) is 8.15. The lowest BCUT2D eigenvalue weighted by molar-refractivity contribution is 0.403. The Morgan fingerprint density at radius 3 is 2.76 bits per heavy atom. The first kappa shape index (κ1) is 11.3. The molecule has 17 heavy (non-hydrogen) atoms. The third kappa shape index (κ3) is 2.91. The predicted octanol–water partition coefficient (Wildman–Crippen LogP) is 1.70. The van der Waals surface area contributed by atoms with Crippen LogP contribution in [-0.4, -0.2) is 26.6 Å². The number of benzene rings is 1. The van der Waals surface area contributed by atoms with E-state index in [1.807, 2.05) is 6.92 Å². The van der Waals surface area contributed by atoms with Crippen LogP contribution in [-0.2, 0) is 0 Å². The Labute approximate surface area is 101 Å². The van der Waals surface area contributed by atoms with Crippen molar-refractivity contribution in [3.8, 4) is 11.5 Å². The van der Waals surface area contributed by atoms with Crippen LogP contribution in [0.4, 0.5) is 5.13 Å². The second-order valence-electron chi connectivity index (χ2n) is 3.24. The molecular weight excluding hydrogens is 240 g/mol. The molecule has 0 saturated carbocycles. The lowest BCUT2D eigenvalue weighted by atomic mass is 10.2. The van der Waals surface area contributed by atoms with Gasteiger partial charge in [-0.25, -0.2) is 0 Å². The van der Waals surface area contributed by atoms with Crippen molar-refractivity contribution < 1.29 is 10.2 Å². The minimum Gasteiger partial charge on any atom is -0.504 e. The number of phenolic OH excluding ortho intramolecular Hbond substituents is 2. The van der Waals surface area contributed by atoms with Crippen LogP contribution in [0.25, 0.3) is 0 Å². The van der Waals surface area contributed by atoms with Crippen molar-refractivity contribution in [1.29, 1.82) is 0 Å². The van der Waals surface area contributed by atoms with E-state index in [4.69, 9.17) is 5.11 Å². The summed E-state index contributed by atoms with van der Waals surface area (Å²) in [7, 11) is 0. The van der Waals surface area contributed by atoms with Crippen LogP contribution in [0.1, 0.15) is 10.6 Å². The van der Waals surface area contributed by atoms with Gasteiger partial charge in [-0.1, -0.05) is 11.3 Å². The molecule has 0 aliphatic heterocycles. The van der Waals surface area contributed by atoms with E-state index < -0.39 is 0 Å². The van der Waals surface area contributed by atoms with Gasteiger partial charge in [0, 0.05) is 0 Å². The monoisotopic (exact) mass is 250 g/mol. The Morgan fingerprint density at radius 2 is 2.12 bits per heavy atom. The molecule has 0 bridgehead atoms. The maximum atomic E-state index is 9.27. The quantitative estimate of drug-likeness (QED) is 0.438. The fraction of sp³-hybridized carbons (Fsp3) is 0.100. The fourth-order valence-electron chi connectivity index (χ4n) is 1.12. The topological polar surface area (TPSA) is 90.6 Å². The molecular formula is C10H10N4O2S. The lowest BCUT2D eigenvalue weighted by Crippen LogP contribution is -1.89. The molecule has 0 amide bonds. The number of aryl methyl sites for hydroxylation is 1. The Balaban J connectivity index is 2.03. The second-order valence-corrected chi connectivity index (χ2v) is 4.43. The van der Waals surface area contributed by atoms with Crippen molar-refractivity contribution in [2.75, 3.05) is 5.43 Å². The van der Waals surface area contributed by atoms with E-state index in [-0.39, 0.29) is 11.5 Å². The number of nitrogens with zero attached hydrogens (tertiary/aromatic N) is 3. The van der Waals surface area contributed by atoms with Gasteiger partial charge in [0.1, 0.15) is 5.01 Å². The molecule has 7 heteroatoms. The number of anilines is 1. The Bertz CT molecular complexity index is 553. The number of phenols is 2. The molecule has 1 aromatic heterocycles. The summed E-state index contributed by atoms with van der Waals surface area (Å²) < 4.78 is 0. The summed E-state index contributed by atoms with van der Waals surface area (Å²) in [4.78, 5) is 0. The van der Waals surface area contributed by atoms with Crippen molar-refractivity contribution in [3.63, 3.8) is 0 Å². The molecule has 0 radical (unpaired) electrons. The summed E-state index contributed by atoms with van der Waals surface area (Å²) in [6, 6.07) is 4.43. The number of nitrogens with one attached hydrogen (secondary N) is 1. The van der Waals surface area contributed by atoms with Crippen LogP contribution in [0.2, 0.25) is 0 Å². The average Bonchev–Trinajstić information content (AvgIpc) is 2.70. The van der Waals surface area contributed by atoms with Crippen molar-refractivity contribution in [3.05, 3.63) is 28.8 Å². The molecule has 0 spiro atoms. The predicted molar refractivity (Wildman–Crippen MR) is 65.6 cm³/mol. The van der Waals surface area contributed by atoms with Crippen molar-refractivity contribution in [2.45, 2.75) is 6.92 Å². The molecule has 0 aliphatic carbocycles. The Kier molecular flexibility index (Phi) is 3.20. The number of hydrogen-bond acceptors (Lipinski definition) is 7. The van der Waals surface area contributed by atoms with E-state index in [1.165, 1.54) is 29.7 Å². The van der Waals surface area contributed by atoms with Gasteiger partial charge in [0.2, 0.25) is 5.13 Å². The van der Waals surface area contributed by atoms with Crippen LogP contribution >= 0.6 is 11.3 Å². The van der Waals surface area contributed by atoms with E-state index in [2.05, 4.69) is 20.7 Å². The normalized spacial score (nSPS) is 10.9. The summed E-state index contributed by atoms with van der Waals surface area (Å²) in [6.07, 6.45) is 1.51. The summed E-state index contributed by atoms with van der Waals surface area (Å²) in [6.45, 7) is 1.85. The van der Waals surface area contributed by atoms with Crippen LogP contribution in [0.5, 0.6) is 11.5 Å². The maximum Gasteiger partial charge on any atom is 0.225 e. The molecule has 0 unspecified atom stereocenters. The number of hydrazone groups is 1. The van der Waals surface area contributed by atoms with Crippen LogP contribution in [0.15, 0.2) is 23.3 Å². The minimum absolute atomic E-state index is 0.158. The van der Waals surface area contributed by atoms with Gasteiger partial charge in [0.05, 0.1) is 6.21 Å². The van der Waals surface area contributed by atoms with Gasteiger partial charge in [-0.3, -0.25) is 5.43 Å². The molecule has 6 nitrogen and oxygen atoms in total. The zero-order valence-electron chi connectivity index (χ0n) is 8.95. The first-order valence-corrected chi connectivity index (χ1v) is 5.58. The molecule has 1 heterocycles. The Morgan fingerprint density at radius 1 is 1.29 bits per heavy atom. The van der Waals surface area contributed by atoms with Gasteiger partial charge < -0.3 is 10.2 Å². The van der Waals surface area contributed by atoms with Crippen molar-refractivity contribution in [2.24, 2.45) is 5.10 Å². The van der Waals surface area contributed by atoms with Crippen molar-refractivity contribution in [1.82, 2.24) is 10.2 Å². The molecule has 0 atom stereocenters. The average molecular weight is 250 g/mol. The Hall–Kier alpha value is -2.15. The van der Waals surface area contributed by atoms with Gasteiger partial charge in [-0.05, 0) is 30.7 Å². The molecule has 0 aliphatic rings. The molecule has 2 rings (SSSR count). The SMILES string of the molecule is Cc1nnc(NN=Cc2ccc(O)c(O)c2)s1. The van der Waals surface area contributed by atoms with Gasteiger partial charge in [0.15, 0.2) is 11.5 Å². The number of aromatic nitrogens is 2. The smallest absolute Gasteiger partial charge is 0.225 e. The number of rotatable bonds is 3. The zero-order valence-corrected chi connectivity index (χ0v) is 9.77. The standard InChI is InChI=1S/C10H10N4O2S/c1-6-12-14-10(17-6)13-11-5-7-2-3-8(15)9(16)4-7/h2-5,15-16H,1H3,(H,13,14). The number of aromatic hydroxyl groups is 2. The highest BCUT2D eigenvalue weighted by atomic mass is 32.1. The zero-order chi connectivity index (χ0) is 12.3.